The largest absolute Gasteiger partial charge is 0.352 e. The van der Waals surface area contributed by atoms with E-state index in [9.17, 15) is 9.18 Å². The number of nitrogens with one attached hydrogen (secondary N) is 1. The third-order valence-corrected chi connectivity index (χ3v) is 2.38. The van der Waals surface area contributed by atoms with Gasteiger partial charge in [-0.1, -0.05) is 18.6 Å². The summed E-state index contributed by atoms with van der Waals surface area (Å²) in [5, 5.41) is 2.66. The van der Waals surface area contributed by atoms with Gasteiger partial charge in [0, 0.05) is 6.54 Å². The van der Waals surface area contributed by atoms with Gasteiger partial charge in [0.2, 0.25) is 0 Å². The molecular weight excluding hydrogens is 207 g/mol. The van der Waals surface area contributed by atoms with Crippen molar-refractivity contribution in [2.24, 2.45) is 11.7 Å². The third-order valence-electron chi connectivity index (χ3n) is 2.38. The number of benzene rings is 1. The Morgan fingerprint density at radius 3 is 2.88 bits per heavy atom. The van der Waals surface area contributed by atoms with Crippen LogP contribution in [0.15, 0.2) is 18.2 Å². The highest BCUT2D eigenvalue weighted by Crippen LogP contribution is 2.09. The second-order valence-electron chi connectivity index (χ2n) is 4.03. The normalized spacial score (nSPS) is 12.2. The SMILES string of the molecule is Cc1ccc(F)c(C(=O)NCC(C)CN)c1. The van der Waals surface area contributed by atoms with Crippen LogP contribution in [-0.4, -0.2) is 19.0 Å². The van der Waals surface area contributed by atoms with Crippen LogP contribution in [0, 0.1) is 18.7 Å². The minimum absolute atomic E-state index is 0.0872. The van der Waals surface area contributed by atoms with Crippen LogP contribution in [0.5, 0.6) is 0 Å². The lowest BCUT2D eigenvalue weighted by Gasteiger charge is -2.10. The van der Waals surface area contributed by atoms with E-state index in [1.165, 1.54) is 12.1 Å². The average molecular weight is 224 g/mol. The Kier molecular flexibility index (Phi) is 4.43. The van der Waals surface area contributed by atoms with Gasteiger partial charge in [-0.15, -0.1) is 0 Å². The maximum Gasteiger partial charge on any atom is 0.254 e. The second-order valence-corrected chi connectivity index (χ2v) is 4.03. The molecule has 0 aliphatic rings. The summed E-state index contributed by atoms with van der Waals surface area (Å²) in [5.74, 6) is -0.693. The van der Waals surface area contributed by atoms with Gasteiger partial charge in [-0.3, -0.25) is 4.79 Å². The lowest BCUT2D eigenvalue weighted by molar-refractivity contribution is 0.0944. The average Bonchev–Trinajstić information content (AvgIpc) is 2.28. The van der Waals surface area contributed by atoms with Crippen molar-refractivity contribution in [1.82, 2.24) is 5.32 Å². The minimum Gasteiger partial charge on any atom is -0.352 e. The van der Waals surface area contributed by atoms with Gasteiger partial charge in [-0.25, -0.2) is 4.39 Å². The van der Waals surface area contributed by atoms with Crippen LogP contribution in [0.1, 0.15) is 22.8 Å². The number of amides is 1. The van der Waals surface area contributed by atoms with E-state index >= 15 is 0 Å². The standard InChI is InChI=1S/C12H17FN2O/c1-8-3-4-11(13)10(5-8)12(16)15-7-9(2)6-14/h3-5,9H,6-7,14H2,1-2H3,(H,15,16). The lowest BCUT2D eigenvalue weighted by Crippen LogP contribution is -2.31. The highest BCUT2D eigenvalue weighted by Gasteiger charge is 2.12. The monoisotopic (exact) mass is 224 g/mol. The Morgan fingerprint density at radius 2 is 2.25 bits per heavy atom. The Balaban J connectivity index is 2.69. The molecule has 0 aromatic heterocycles. The van der Waals surface area contributed by atoms with Gasteiger partial charge in [0.05, 0.1) is 5.56 Å². The number of hydrogen-bond donors (Lipinski definition) is 2. The van der Waals surface area contributed by atoms with Crippen LogP contribution < -0.4 is 11.1 Å². The van der Waals surface area contributed by atoms with Crippen molar-refractivity contribution in [2.45, 2.75) is 13.8 Å². The molecule has 1 amide bonds. The maximum atomic E-state index is 13.3. The van der Waals surface area contributed by atoms with Gasteiger partial charge < -0.3 is 11.1 Å². The number of hydrogen-bond acceptors (Lipinski definition) is 2. The molecule has 1 rings (SSSR count). The molecule has 0 heterocycles. The van der Waals surface area contributed by atoms with Crippen LogP contribution >= 0.6 is 0 Å². The Labute approximate surface area is 94.8 Å². The smallest absolute Gasteiger partial charge is 0.254 e. The highest BCUT2D eigenvalue weighted by atomic mass is 19.1. The Hall–Kier alpha value is -1.42. The molecule has 0 fully saturated rings. The fourth-order valence-corrected chi connectivity index (χ4v) is 1.26. The molecule has 0 aliphatic heterocycles. The first kappa shape index (κ1) is 12.6. The molecule has 3 nitrogen and oxygen atoms in total. The molecule has 4 heteroatoms. The number of carbonyl (C=O) groups excluding carboxylic acids is 1. The predicted octanol–water partition coefficient (Wildman–Crippen LogP) is 1.46. The summed E-state index contributed by atoms with van der Waals surface area (Å²) in [5.41, 5.74) is 6.37. The molecule has 88 valence electrons. The topological polar surface area (TPSA) is 55.1 Å². The summed E-state index contributed by atoms with van der Waals surface area (Å²) in [6.07, 6.45) is 0. The third kappa shape index (κ3) is 3.31. The molecule has 0 bridgehead atoms. The molecule has 16 heavy (non-hydrogen) atoms. The number of aryl methyl sites for hydroxylation is 1. The van der Waals surface area contributed by atoms with E-state index in [1.54, 1.807) is 6.07 Å². The minimum atomic E-state index is -0.497. The number of rotatable bonds is 4. The molecule has 1 aromatic carbocycles. The summed E-state index contributed by atoms with van der Waals surface area (Å²) < 4.78 is 13.3. The fraction of sp³-hybridized carbons (Fsp3) is 0.417. The first-order valence-electron chi connectivity index (χ1n) is 5.29. The van der Waals surface area contributed by atoms with Crippen molar-refractivity contribution < 1.29 is 9.18 Å². The Bertz CT molecular complexity index is 379. The summed E-state index contributed by atoms with van der Waals surface area (Å²) in [7, 11) is 0. The zero-order valence-corrected chi connectivity index (χ0v) is 9.59. The van der Waals surface area contributed by atoms with Gasteiger partial charge in [-0.2, -0.15) is 0 Å². The highest BCUT2D eigenvalue weighted by molar-refractivity contribution is 5.94. The molecule has 1 unspecified atom stereocenters. The lowest BCUT2D eigenvalue weighted by atomic mass is 10.1. The van der Waals surface area contributed by atoms with E-state index in [-0.39, 0.29) is 17.4 Å². The van der Waals surface area contributed by atoms with Crippen LogP contribution in [-0.2, 0) is 0 Å². The van der Waals surface area contributed by atoms with Gasteiger partial charge in [0.15, 0.2) is 0 Å². The van der Waals surface area contributed by atoms with Crippen LogP contribution in [0.4, 0.5) is 4.39 Å². The summed E-state index contributed by atoms with van der Waals surface area (Å²) in [4.78, 5) is 11.6. The molecule has 3 N–H and O–H groups in total. The molecular formula is C12H17FN2O. The number of halogens is 1. The summed E-state index contributed by atoms with van der Waals surface area (Å²) in [6.45, 7) is 4.70. The zero-order valence-electron chi connectivity index (χ0n) is 9.59. The quantitative estimate of drug-likeness (QED) is 0.813. The van der Waals surface area contributed by atoms with E-state index < -0.39 is 5.82 Å². The van der Waals surface area contributed by atoms with Crippen molar-refractivity contribution in [3.05, 3.63) is 35.1 Å². The molecule has 1 aromatic rings. The van der Waals surface area contributed by atoms with Crippen molar-refractivity contribution in [1.29, 1.82) is 0 Å². The van der Waals surface area contributed by atoms with Crippen molar-refractivity contribution >= 4 is 5.91 Å². The van der Waals surface area contributed by atoms with E-state index in [0.29, 0.717) is 13.1 Å². The van der Waals surface area contributed by atoms with E-state index in [0.717, 1.165) is 5.56 Å². The number of carbonyl (C=O) groups is 1. The summed E-state index contributed by atoms with van der Waals surface area (Å²) in [6, 6.07) is 4.48. The van der Waals surface area contributed by atoms with Gasteiger partial charge in [0.25, 0.3) is 5.91 Å². The van der Waals surface area contributed by atoms with Crippen molar-refractivity contribution in [3.63, 3.8) is 0 Å². The predicted molar refractivity (Wildman–Crippen MR) is 61.7 cm³/mol. The second kappa shape index (κ2) is 5.61. The van der Waals surface area contributed by atoms with Gasteiger partial charge >= 0.3 is 0 Å². The van der Waals surface area contributed by atoms with Gasteiger partial charge in [0.1, 0.15) is 5.82 Å². The van der Waals surface area contributed by atoms with Crippen LogP contribution in [0.25, 0.3) is 0 Å². The number of nitrogens with two attached hydrogens (primary N) is 1. The fourth-order valence-electron chi connectivity index (χ4n) is 1.26. The first-order valence-corrected chi connectivity index (χ1v) is 5.29. The maximum absolute atomic E-state index is 13.3. The molecule has 0 aliphatic carbocycles. The van der Waals surface area contributed by atoms with Crippen molar-refractivity contribution in [3.8, 4) is 0 Å². The first-order chi connectivity index (χ1) is 7.54. The summed E-state index contributed by atoms with van der Waals surface area (Å²) >= 11 is 0. The van der Waals surface area contributed by atoms with Crippen LogP contribution in [0.2, 0.25) is 0 Å². The van der Waals surface area contributed by atoms with E-state index in [1.807, 2.05) is 13.8 Å². The van der Waals surface area contributed by atoms with E-state index in [2.05, 4.69) is 5.32 Å². The van der Waals surface area contributed by atoms with Crippen LogP contribution in [0.3, 0.4) is 0 Å². The zero-order chi connectivity index (χ0) is 12.1. The van der Waals surface area contributed by atoms with Gasteiger partial charge in [-0.05, 0) is 31.5 Å². The molecule has 0 radical (unpaired) electrons. The Morgan fingerprint density at radius 1 is 1.56 bits per heavy atom. The molecule has 0 saturated heterocycles. The molecule has 0 saturated carbocycles. The van der Waals surface area contributed by atoms with Crippen molar-refractivity contribution in [2.75, 3.05) is 13.1 Å². The molecule has 1 atom stereocenters. The molecule has 0 spiro atoms. The van der Waals surface area contributed by atoms with E-state index in [4.69, 9.17) is 5.73 Å².